The molecule has 0 unspecified atom stereocenters. The molecule has 0 aromatic carbocycles. The largest absolute Gasteiger partial charge is 0.300 e. The van der Waals surface area contributed by atoms with Gasteiger partial charge in [-0.25, -0.2) is 0 Å². The molecule has 0 aliphatic carbocycles. The van der Waals surface area contributed by atoms with Gasteiger partial charge in [0, 0.05) is 6.42 Å². The predicted octanol–water partition coefficient (Wildman–Crippen LogP) is 3.66. The Morgan fingerprint density at radius 3 is 2.15 bits per heavy atom. The molecule has 0 heterocycles. The number of ketones is 1. The molecule has 0 spiro atoms. The first-order chi connectivity index (χ1) is 6.02. The van der Waals surface area contributed by atoms with E-state index in [-0.39, 0.29) is 5.78 Å². The molecular weight excluding hydrogens is 160 g/mol. The van der Waals surface area contributed by atoms with Gasteiger partial charge >= 0.3 is 0 Å². The van der Waals surface area contributed by atoms with E-state index in [9.17, 15) is 4.79 Å². The topological polar surface area (TPSA) is 17.1 Å². The van der Waals surface area contributed by atoms with Gasteiger partial charge in [-0.15, -0.1) is 0 Å². The fraction of sp³-hybridized carbons (Fsp3) is 0.583. The molecule has 0 aliphatic heterocycles. The van der Waals surface area contributed by atoms with Crippen LogP contribution in [0.4, 0.5) is 0 Å². The van der Waals surface area contributed by atoms with Gasteiger partial charge in [0.2, 0.25) is 0 Å². The van der Waals surface area contributed by atoms with Gasteiger partial charge in [-0.05, 0) is 40.5 Å². The monoisotopic (exact) mass is 180 g/mol. The zero-order chi connectivity index (χ0) is 10.3. The lowest BCUT2D eigenvalue weighted by Gasteiger charge is -1.97. The summed E-state index contributed by atoms with van der Waals surface area (Å²) >= 11 is 0. The van der Waals surface area contributed by atoms with E-state index in [4.69, 9.17) is 0 Å². The molecule has 0 rings (SSSR count). The van der Waals surface area contributed by atoms with Gasteiger partial charge in [0.05, 0.1) is 0 Å². The summed E-state index contributed by atoms with van der Waals surface area (Å²) in [5.74, 6) is 0.238. The number of carbonyl (C=O) groups is 1. The van der Waals surface area contributed by atoms with Crippen molar-refractivity contribution >= 4 is 5.78 Å². The Bertz CT molecular complexity index is 217. The van der Waals surface area contributed by atoms with Gasteiger partial charge in [-0.1, -0.05) is 23.3 Å². The standard InChI is InChI=1S/C12H20O/c1-10(2)6-5-7-11(3)8-9-12(4)13/h6,8H,5,7,9H2,1-4H3/b11-8-. The summed E-state index contributed by atoms with van der Waals surface area (Å²) in [6, 6.07) is 0. The predicted molar refractivity (Wildman–Crippen MR) is 57.7 cm³/mol. The van der Waals surface area contributed by atoms with Crippen molar-refractivity contribution in [2.45, 2.75) is 47.0 Å². The highest BCUT2D eigenvalue weighted by atomic mass is 16.1. The number of Topliss-reactive ketones (excluding diaryl/α,β-unsaturated/α-hetero) is 1. The molecule has 1 heteroatoms. The minimum Gasteiger partial charge on any atom is -0.300 e. The lowest BCUT2D eigenvalue weighted by atomic mass is 10.1. The maximum atomic E-state index is 10.7. The molecule has 0 amide bonds. The summed E-state index contributed by atoms with van der Waals surface area (Å²) in [5, 5.41) is 0. The Labute approximate surface area is 81.5 Å². The van der Waals surface area contributed by atoms with Crippen molar-refractivity contribution in [1.29, 1.82) is 0 Å². The molecule has 0 bridgehead atoms. The van der Waals surface area contributed by atoms with Crippen molar-refractivity contribution in [3.8, 4) is 0 Å². The normalized spacial score (nSPS) is 11.2. The molecular formula is C12H20O. The summed E-state index contributed by atoms with van der Waals surface area (Å²) in [6.07, 6.45) is 6.99. The van der Waals surface area contributed by atoms with Crippen LogP contribution in [0.2, 0.25) is 0 Å². The zero-order valence-corrected chi connectivity index (χ0v) is 9.18. The van der Waals surface area contributed by atoms with Crippen LogP contribution in [0.3, 0.4) is 0 Å². The van der Waals surface area contributed by atoms with E-state index < -0.39 is 0 Å². The van der Waals surface area contributed by atoms with Crippen molar-refractivity contribution in [1.82, 2.24) is 0 Å². The quantitative estimate of drug-likeness (QED) is 0.590. The average molecular weight is 180 g/mol. The van der Waals surface area contributed by atoms with Crippen molar-refractivity contribution in [2.75, 3.05) is 0 Å². The molecule has 74 valence electrons. The van der Waals surface area contributed by atoms with Crippen LogP contribution in [0.25, 0.3) is 0 Å². The van der Waals surface area contributed by atoms with E-state index in [2.05, 4.69) is 26.8 Å². The van der Waals surface area contributed by atoms with Crippen LogP contribution in [0, 0.1) is 0 Å². The fourth-order valence-corrected chi connectivity index (χ4v) is 1.01. The summed E-state index contributed by atoms with van der Waals surface area (Å²) in [6.45, 7) is 7.92. The van der Waals surface area contributed by atoms with Crippen molar-refractivity contribution in [2.24, 2.45) is 0 Å². The van der Waals surface area contributed by atoms with Gasteiger partial charge in [0.25, 0.3) is 0 Å². The highest BCUT2D eigenvalue weighted by Gasteiger charge is 1.91. The van der Waals surface area contributed by atoms with E-state index in [1.165, 1.54) is 11.1 Å². The van der Waals surface area contributed by atoms with E-state index in [0.29, 0.717) is 6.42 Å². The van der Waals surface area contributed by atoms with Gasteiger partial charge in [0.1, 0.15) is 5.78 Å². The third kappa shape index (κ3) is 9.06. The number of carbonyl (C=O) groups excluding carboxylic acids is 1. The maximum Gasteiger partial charge on any atom is 0.133 e. The van der Waals surface area contributed by atoms with Crippen LogP contribution in [-0.4, -0.2) is 5.78 Å². The SMILES string of the molecule is CC(=O)C/C=C(/C)CCC=C(C)C. The van der Waals surface area contributed by atoms with E-state index in [1.807, 2.05) is 6.08 Å². The Morgan fingerprint density at radius 2 is 1.69 bits per heavy atom. The number of hydrogen-bond donors (Lipinski definition) is 0. The third-order valence-electron chi connectivity index (χ3n) is 1.83. The summed E-state index contributed by atoms with van der Waals surface area (Å²) < 4.78 is 0. The van der Waals surface area contributed by atoms with Gasteiger partial charge in [0.15, 0.2) is 0 Å². The molecule has 0 atom stereocenters. The Balaban J connectivity index is 3.73. The third-order valence-corrected chi connectivity index (χ3v) is 1.83. The summed E-state index contributed by atoms with van der Waals surface area (Å²) in [5.41, 5.74) is 2.67. The van der Waals surface area contributed by atoms with Crippen LogP contribution < -0.4 is 0 Å². The number of rotatable bonds is 5. The summed E-state index contributed by atoms with van der Waals surface area (Å²) in [4.78, 5) is 10.7. The lowest BCUT2D eigenvalue weighted by molar-refractivity contribution is -0.116. The lowest BCUT2D eigenvalue weighted by Crippen LogP contribution is -1.86. The second kappa shape index (κ2) is 6.64. The highest BCUT2D eigenvalue weighted by Crippen LogP contribution is 2.07. The Kier molecular flexibility index (Phi) is 6.21. The van der Waals surface area contributed by atoms with E-state index >= 15 is 0 Å². The molecule has 0 saturated carbocycles. The van der Waals surface area contributed by atoms with Crippen molar-refractivity contribution in [3.63, 3.8) is 0 Å². The van der Waals surface area contributed by atoms with E-state index in [0.717, 1.165) is 12.8 Å². The Hall–Kier alpha value is -0.850. The molecule has 0 aliphatic rings. The van der Waals surface area contributed by atoms with Crippen LogP contribution in [0.1, 0.15) is 47.0 Å². The molecule has 0 saturated heterocycles. The second-order valence-electron chi connectivity index (χ2n) is 3.78. The number of hydrogen-bond acceptors (Lipinski definition) is 1. The molecule has 1 nitrogen and oxygen atoms in total. The van der Waals surface area contributed by atoms with Gasteiger partial charge in [-0.3, -0.25) is 4.79 Å². The molecule has 0 aromatic rings. The Morgan fingerprint density at radius 1 is 1.08 bits per heavy atom. The minimum absolute atomic E-state index is 0.238. The summed E-state index contributed by atoms with van der Waals surface area (Å²) in [7, 11) is 0. The second-order valence-corrected chi connectivity index (χ2v) is 3.78. The highest BCUT2D eigenvalue weighted by molar-refractivity contribution is 5.77. The minimum atomic E-state index is 0.238. The van der Waals surface area contributed by atoms with Crippen molar-refractivity contribution < 1.29 is 4.79 Å². The van der Waals surface area contributed by atoms with Gasteiger partial charge in [-0.2, -0.15) is 0 Å². The zero-order valence-electron chi connectivity index (χ0n) is 9.18. The van der Waals surface area contributed by atoms with E-state index in [1.54, 1.807) is 6.92 Å². The smallest absolute Gasteiger partial charge is 0.133 e. The first-order valence-corrected chi connectivity index (χ1v) is 4.81. The molecule has 0 fully saturated rings. The fourth-order valence-electron chi connectivity index (χ4n) is 1.01. The van der Waals surface area contributed by atoms with Crippen molar-refractivity contribution in [3.05, 3.63) is 23.3 Å². The maximum absolute atomic E-state index is 10.7. The first-order valence-electron chi connectivity index (χ1n) is 4.81. The van der Waals surface area contributed by atoms with Crippen LogP contribution in [0.5, 0.6) is 0 Å². The van der Waals surface area contributed by atoms with Crippen LogP contribution >= 0.6 is 0 Å². The van der Waals surface area contributed by atoms with Crippen LogP contribution in [-0.2, 0) is 4.79 Å². The molecule has 0 N–H and O–H groups in total. The first kappa shape index (κ1) is 12.2. The van der Waals surface area contributed by atoms with Crippen LogP contribution in [0.15, 0.2) is 23.3 Å². The average Bonchev–Trinajstić information content (AvgIpc) is 2.00. The molecule has 0 radical (unpaired) electrons. The van der Waals surface area contributed by atoms with Gasteiger partial charge < -0.3 is 0 Å². The molecule has 13 heavy (non-hydrogen) atoms. The molecule has 0 aromatic heterocycles. The number of allylic oxidation sites excluding steroid dienone is 4.